The molecule has 1 saturated heterocycles. The van der Waals surface area contributed by atoms with Crippen LogP contribution in [-0.2, 0) is 11.3 Å². The molecule has 1 atom stereocenters. The van der Waals surface area contributed by atoms with Crippen molar-refractivity contribution in [2.75, 3.05) is 39.2 Å². The zero-order valence-corrected chi connectivity index (χ0v) is 13.3. The van der Waals surface area contributed by atoms with E-state index in [2.05, 4.69) is 23.7 Å². The molecule has 2 aliphatic rings. The fourth-order valence-electron chi connectivity index (χ4n) is 2.78. The minimum Gasteiger partial charge on any atom is -0.486 e. The van der Waals surface area contributed by atoms with Crippen LogP contribution in [0.1, 0.15) is 18.4 Å². The molecular weight excluding hydrogens is 286 g/mol. The van der Waals surface area contributed by atoms with E-state index >= 15 is 0 Å². The molecule has 0 bridgehead atoms. The second kappa shape index (κ2) is 7.38. The first-order valence-electron chi connectivity index (χ1n) is 7.62. The third-order valence-electron chi connectivity index (χ3n) is 4.01. The third kappa shape index (κ3) is 3.84. The molecule has 4 nitrogen and oxygen atoms in total. The molecular formula is C16H23NO3S. The van der Waals surface area contributed by atoms with Gasteiger partial charge in [0.1, 0.15) is 13.2 Å². The molecule has 116 valence electrons. The molecule has 0 radical (unpaired) electrons. The Balaban J connectivity index is 1.56. The van der Waals surface area contributed by atoms with Gasteiger partial charge in [-0.15, -0.1) is 11.8 Å². The molecule has 0 aliphatic carbocycles. The lowest BCUT2D eigenvalue weighted by molar-refractivity contribution is 0.171. The largest absolute Gasteiger partial charge is 0.486 e. The van der Waals surface area contributed by atoms with Crippen LogP contribution in [0.2, 0.25) is 0 Å². The Morgan fingerprint density at radius 1 is 1.19 bits per heavy atom. The van der Waals surface area contributed by atoms with Gasteiger partial charge < -0.3 is 19.5 Å². The summed E-state index contributed by atoms with van der Waals surface area (Å²) in [6.45, 7) is 5.06. The maximum Gasteiger partial charge on any atom is 0.162 e. The summed E-state index contributed by atoms with van der Waals surface area (Å²) in [5, 5.41) is 3.54. The van der Waals surface area contributed by atoms with Crippen LogP contribution in [0.4, 0.5) is 0 Å². The van der Waals surface area contributed by atoms with Crippen LogP contribution in [-0.4, -0.2) is 39.2 Å². The average molecular weight is 309 g/mol. The van der Waals surface area contributed by atoms with E-state index in [1.54, 1.807) is 11.8 Å². The van der Waals surface area contributed by atoms with Gasteiger partial charge in [-0.3, -0.25) is 0 Å². The number of fused-ring (bicyclic) bond motifs is 1. The van der Waals surface area contributed by atoms with E-state index in [0.29, 0.717) is 13.2 Å². The number of benzene rings is 1. The standard InChI is InChI=1S/C16H23NO3S/c1-21-16-9-15-14(19-6-7-20-15)8-13(16)10-17-4-2-12-3-5-18-11-12/h8-9,12,17H,2-7,10-11H2,1H3. The molecule has 0 spiro atoms. The van der Waals surface area contributed by atoms with Gasteiger partial charge in [-0.25, -0.2) is 0 Å². The van der Waals surface area contributed by atoms with Gasteiger partial charge in [-0.1, -0.05) is 0 Å². The second-order valence-electron chi connectivity index (χ2n) is 5.50. The van der Waals surface area contributed by atoms with E-state index in [1.807, 2.05) is 0 Å². The van der Waals surface area contributed by atoms with E-state index in [0.717, 1.165) is 43.7 Å². The molecule has 1 N–H and O–H groups in total. The van der Waals surface area contributed by atoms with Crippen molar-refractivity contribution >= 4 is 11.8 Å². The maximum absolute atomic E-state index is 5.67. The van der Waals surface area contributed by atoms with Gasteiger partial charge in [-0.2, -0.15) is 0 Å². The summed E-state index contributed by atoms with van der Waals surface area (Å²) in [5.74, 6) is 2.48. The van der Waals surface area contributed by atoms with Gasteiger partial charge in [0.2, 0.25) is 0 Å². The van der Waals surface area contributed by atoms with E-state index in [-0.39, 0.29) is 0 Å². The molecule has 3 rings (SSSR count). The summed E-state index contributed by atoms with van der Waals surface area (Å²) < 4.78 is 16.7. The van der Waals surface area contributed by atoms with Crippen LogP contribution < -0.4 is 14.8 Å². The number of nitrogens with one attached hydrogen (secondary N) is 1. The molecule has 1 fully saturated rings. The third-order valence-corrected chi connectivity index (χ3v) is 4.83. The predicted octanol–water partition coefficient (Wildman–Crippen LogP) is 2.70. The molecule has 1 aromatic carbocycles. The van der Waals surface area contributed by atoms with Gasteiger partial charge in [0.15, 0.2) is 11.5 Å². The van der Waals surface area contributed by atoms with Crippen LogP contribution >= 0.6 is 11.8 Å². The number of ether oxygens (including phenoxy) is 3. The quantitative estimate of drug-likeness (QED) is 0.646. The van der Waals surface area contributed by atoms with Gasteiger partial charge in [0.25, 0.3) is 0 Å². The van der Waals surface area contributed by atoms with Crippen molar-refractivity contribution < 1.29 is 14.2 Å². The highest BCUT2D eigenvalue weighted by Crippen LogP contribution is 2.36. The minimum atomic E-state index is 0.639. The van der Waals surface area contributed by atoms with Crippen molar-refractivity contribution in [1.82, 2.24) is 5.32 Å². The molecule has 2 aliphatic heterocycles. The first kappa shape index (κ1) is 15.0. The Morgan fingerprint density at radius 3 is 2.71 bits per heavy atom. The Bertz CT molecular complexity index is 475. The maximum atomic E-state index is 5.67. The van der Waals surface area contributed by atoms with Crippen molar-refractivity contribution in [2.45, 2.75) is 24.3 Å². The van der Waals surface area contributed by atoms with Crippen molar-refractivity contribution in [1.29, 1.82) is 0 Å². The summed E-state index contributed by atoms with van der Waals surface area (Å²) in [6, 6.07) is 4.22. The van der Waals surface area contributed by atoms with Crippen molar-refractivity contribution in [3.63, 3.8) is 0 Å². The topological polar surface area (TPSA) is 39.7 Å². The molecule has 1 aromatic rings. The number of hydrogen-bond acceptors (Lipinski definition) is 5. The second-order valence-corrected chi connectivity index (χ2v) is 6.35. The van der Waals surface area contributed by atoms with E-state index < -0.39 is 0 Å². The molecule has 2 heterocycles. The highest BCUT2D eigenvalue weighted by molar-refractivity contribution is 7.98. The molecule has 0 aromatic heterocycles. The lowest BCUT2D eigenvalue weighted by Crippen LogP contribution is -2.19. The average Bonchev–Trinajstić information content (AvgIpc) is 3.04. The zero-order valence-electron chi connectivity index (χ0n) is 12.5. The fourth-order valence-corrected chi connectivity index (χ4v) is 3.40. The Labute approximate surface area is 130 Å². The number of rotatable bonds is 6. The zero-order chi connectivity index (χ0) is 14.5. The van der Waals surface area contributed by atoms with Gasteiger partial charge in [-0.05, 0) is 49.3 Å². The normalized spacial score (nSPS) is 20.7. The summed E-state index contributed by atoms with van der Waals surface area (Å²) >= 11 is 1.76. The van der Waals surface area contributed by atoms with Crippen molar-refractivity contribution in [3.05, 3.63) is 17.7 Å². The van der Waals surface area contributed by atoms with Crippen LogP contribution in [0.15, 0.2) is 17.0 Å². The smallest absolute Gasteiger partial charge is 0.162 e. The molecule has 21 heavy (non-hydrogen) atoms. The lowest BCUT2D eigenvalue weighted by Gasteiger charge is -2.21. The Hall–Kier alpha value is -0.910. The monoisotopic (exact) mass is 309 g/mol. The van der Waals surface area contributed by atoms with Crippen molar-refractivity contribution in [2.24, 2.45) is 5.92 Å². The predicted molar refractivity (Wildman–Crippen MR) is 84.5 cm³/mol. The number of thioether (sulfide) groups is 1. The fraction of sp³-hybridized carbons (Fsp3) is 0.625. The highest BCUT2D eigenvalue weighted by atomic mass is 32.2. The lowest BCUT2D eigenvalue weighted by atomic mass is 10.1. The molecule has 5 heteroatoms. The summed E-state index contributed by atoms with van der Waals surface area (Å²) in [5.41, 5.74) is 1.29. The molecule has 0 saturated carbocycles. The molecule has 1 unspecified atom stereocenters. The van der Waals surface area contributed by atoms with Crippen LogP contribution in [0, 0.1) is 5.92 Å². The van der Waals surface area contributed by atoms with Crippen LogP contribution in [0.3, 0.4) is 0 Å². The minimum absolute atomic E-state index is 0.639. The van der Waals surface area contributed by atoms with Crippen molar-refractivity contribution in [3.8, 4) is 11.5 Å². The van der Waals surface area contributed by atoms with Crippen LogP contribution in [0.25, 0.3) is 0 Å². The SMILES string of the molecule is CSc1cc2c(cc1CNCCC1CCOC1)OCCO2. The van der Waals surface area contributed by atoms with E-state index in [9.17, 15) is 0 Å². The van der Waals surface area contributed by atoms with Crippen LogP contribution in [0.5, 0.6) is 11.5 Å². The summed E-state index contributed by atoms with van der Waals surface area (Å²) in [6.07, 6.45) is 4.51. The first-order chi connectivity index (χ1) is 10.4. The van der Waals surface area contributed by atoms with Gasteiger partial charge in [0.05, 0.1) is 0 Å². The first-order valence-corrected chi connectivity index (χ1v) is 8.84. The number of hydrogen-bond donors (Lipinski definition) is 1. The Kier molecular flexibility index (Phi) is 5.27. The highest BCUT2D eigenvalue weighted by Gasteiger charge is 2.16. The van der Waals surface area contributed by atoms with E-state index in [1.165, 1.54) is 23.3 Å². The van der Waals surface area contributed by atoms with Gasteiger partial charge in [0, 0.05) is 24.7 Å². The Morgan fingerprint density at radius 2 is 2.00 bits per heavy atom. The van der Waals surface area contributed by atoms with Gasteiger partial charge >= 0.3 is 0 Å². The summed E-state index contributed by atoms with van der Waals surface area (Å²) in [4.78, 5) is 1.26. The van der Waals surface area contributed by atoms with E-state index in [4.69, 9.17) is 14.2 Å². The summed E-state index contributed by atoms with van der Waals surface area (Å²) in [7, 11) is 0. The molecule has 0 amide bonds.